The van der Waals surface area contributed by atoms with E-state index in [2.05, 4.69) is 30.4 Å². The number of imidazole rings is 1. The average molecular weight is 357 g/mol. The molecular weight excluding hydrogens is 328 g/mol. The molecule has 2 aromatic heterocycles. The van der Waals surface area contributed by atoms with Gasteiger partial charge in [0.1, 0.15) is 10.8 Å². The van der Waals surface area contributed by atoms with E-state index in [1.165, 1.54) is 62.5 Å². The summed E-state index contributed by atoms with van der Waals surface area (Å²) in [6.07, 6.45) is 11.8. The summed E-state index contributed by atoms with van der Waals surface area (Å²) in [5, 5.41) is 0.839. The van der Waals surface area contributed by atoms with Crippen LogP contribution in [0, 0.1) is 6.92 Å². The largest absolute Gasteiger partial charge is 0.282 e. The second-order valence-electron chi connectivity index (χ2n) is 7.12. The fraction of sp³-hybridized carbons (Fsp3) is 0.500. The number of nitrogens with zero attached hydrogens (tertiary/aromatic N) is 2. The van der Waals surface area contributed by atoms with Gasteiger partial charge in [-0.05, 0) is 49.1 Å². The van der Waals surface area contributed by atoms with Crippen LogP contribution in [0.5, 0.6) is 0 Å². The van der Waals surface area contributed by atoms with Gasteiger partial charge in [-0.2, -0.15) is 0 Å². The number of hydrogen-bond acceptors (Lipinski definition) is 1. The van der Waals surface area contributed by atoms with Crippen molar-refractivity contribution in [3.8, 4) is 0 Å². The molecule has 3 heteroatoms. The molecule has 0 bridgehead atoms. The maximum absolute atomic E-state index is 6.79. The predicted octanol–water partition coefficient (Wildman–Crippen LogP) is 7.13. The van der Waals surface area contributed by atoms with Crippen LogP contribution in [0.4, 0.5) is 0 Å². The molecule has 0 atom stereocenters. The number of aromatic nitrogens is 2. The van der Waals surface area contributed by atoms with E-state index in [1.807, 2.05) is 18.2 Å². The van der Waals surface area contributed by atoms with Gasteiger partial charge in [-0.3, -0.25) is 4.40 Å². The van der Waals surface area contributed by atoms with Crippen LogP contribution in [0.1, 0.15) is 69.4 Å². The van der Waals surface area contributed by atoms with Crippen LogP contribution < -0.4 is 0 Å². The van der Waals surface area contributed by atoms with Crippen LogP contribution in [0.15, 0.2) is 30.3 Å². The van der Waals surface area contributed by atoms with Crippen LogP contribution in [0.25, 0.3) is 16.7 Å². The molecule has 0 fully saturated rings. The zero-order chi connectivity index (χ0) is 17.6. The van der Waals surface area contributed by atoms with Gasteiger partial charge < -0.3 is 0 Å². The average Bonchev–Trinajstić information content (AvgIpc) is 2.97. The molecule has 1 aromatic carbocycles. The third-order valence-corrected chi connectivity index (χ3v) is 5.53. The van der Waals surface area contributed by atoms with E-state index >= 15 is 0 Å². The summed E-state index contributed by atoms with van der Waals surface area (Å²) in [6, 6.07) is 10.4. The third-order valence-electron chi connectivity index (χ3n) is 5.13. The highest BCUT2D eigenvalue weighted by Crippen LogP contribution is 2.28. The minimum atomic E-state index is 0.839. The van der Waals surface area contributed by atoms with Crippen molar-refractivity contribution in [1.29, 1.82) is 0 Å². The summed E-state index contributed by atoms with van der Waals surface area (Å²) in [6.45, 7) is 4.43. The van der Waals surface area contributed by atoms with Crippen molar-refractivity contribution in [3.63, 3.8) is 0 Å². The summed E-state index contributed by atoms with van der Waals surface area (Å²) in [4.78, 5) is 4.70. The highest BCUT2D eigenvalue weighted by molar-refractivity contribution is 6.31. The van der Waals surface area contributed by atoms with Crippen molar-refractivity contribution in [1.82, 2.24) is 9.38 Å². The second-order valence-corrected chi connectivity index (χ2v) is 7.47. The number of para-hydroxylation sites is 2. The Morgan fingerprint density at radius 3 is 2.40 bits per heavy atom. The van der Waals surface area contributed by atoms with Crippen molar-refractivity contribution in [2.24, 2.45) is 0 Å². The molecule has 2 nitrogen and oxygen atoms in total. The Kier molecular flexibility index (Phi) is 6.36. The Balaban J connectivity index is 1.66. The molecule has 0 aliphatic heterocycles. The number of halogens is 1. The van der Waals surface area contributed by atoms with Gasteiger partial charge in [-0.15, -0.1) is 0 Å². The Morgan fingerprint density at radius 2 is 1.64 bits per heavy atom. The minimum absolute atomic E-state index is 0.839. The summed E-state index contributed by atoms with van der Waals surface area (Å²) in [7, 11) is 0. The molecule has 134 valence electrons. The monoisotopic (exact) mass is 356 g/mol. The van der Waals surface area contributed by atoms with Crippen LogP contribution in [-0.2, 0) is 6.42 Å². The molecule has 0 aliphatic rings. The topological polar surface area (TPSA) is 17.3 Å². The number of rotatable bonds is 9. The van der Waals surface area contributed by atoms with Crippen molar-refractivity contribution in [2.75, 3.05) is 0 Å². The molecule has 0 saturated carbocycles. The molecule has 0 saturated heterocycles. The van der Waals surface area contributed by atoms with Gasteiger partial charge in [0.2, 0.25) is 0 Å². The second kappa shape index (κ2) is 8.71. The van der Waals surface area contributed by atoms with E-state index < -0.39 is 0 Å². The van der Waals surface area contributed by atoms with Crippen molar-refractivity contribution in [2.45, 2.75) is 71.6 Å². The predicted molar refractivity (Wildman–Crippen MR) is 109 cm³/mol. The maximum atomic E-state index is 6.79. The Morgan fingerprint density at radius 1 is 0.960 bits per heavy atom. The molecule has 0 aliphatic carbocycles. The molecule has 0 radical (unpaired) electrons. The normalized spacial score (nSPS) is 11.6. The first kappa shape index (κ1) is 18.3. The van der Waals surface area contributed by atoms with E-state index in [0.29, 0.717) is 0 Å². The number of fused-ring (bicyclic) bond motifs is 3. The Bertz CT molecular complexity index is 835. The van der Waals surface area contributed by atoms with Crippen molar-refractivity contribution in [3.05, 3.63) is 46.6 Å². The quantitative estimate of drug-likeness (QED) is 0.294. The van der Waals surface area contributed by atoms with Gasteiger partial charge in [0.25, 0.3) is 0 Å². The van der Waals surface area contributed by atoms with E-state index in [0.717, 1.165) is 28.3 Å². The smallest absolute Gasteiger partial charge is 0.139 e. The highest BCUT2D eigenvalue weighted by atomic mass is 35.5. The first-order chi connectivity index (χ1) is 12.2. The van der Waals surface area contributed by atoms with Gasteiger partial charge in [-0.1, -0.05) is 75.6 Å². The van der Waals surface area contributed by atoms with E-state index in [1.54, 1.807) is 0 Å². The molecule has 2 heterocycles. The summed E-state index contributed by atoms with van der Waals surface area (Å²) in [5.41, 5.74) is 5.59. The van der Waals surface area contributed by atoms with Gasteiger partial charge >= 0.3 is 0 Å². The Labute approximate surface area is 156 Å². The van der Waals surface area contributed by atoms with Crippen LogP contribution in [0.3, 0.4) is 0 Å². The summed E-state index contributed by atoms with van der Waals surface area (Å²) in [5.74, 6) is 0. The SMILES string of the molecule is CCCCCCCCCCc1c(C)cc2nc3ccccc3n2c1Cl. The molecular formula is C22H29ClN2. The number of hydrogen-bond donors (Lipinski definition) is 0. The van der Waals surface area contributed by atoms with E-state index in [9.17, 15) is 0 Å². The lowest BCUT2D eigenvalue weighted by Crippen LogP contribution is -1.98. The molecule has 0 N–H and O–H groups in total. The molecule has 0 unspecified atom stereocenters. The van der Waals surface area contributed by atoms with Crippen molar-refractivity contribution < 1.29 is 0 Å². The fourth-order valence-electron chi connectivity index (χ4n) is 3.66. The third kappa shape index (κ3) is 4.17. The summed E-state index contributed by atoms with van der Waals surface area (Å²) < 4.78 is 2.10. The van der Waals surface area contributed by atoms with Crippen LogP contribution >= 0.6 is 11.6 Å². The number of pyridine rings is 1. The lowest BCUT2D eigenvalue weighted by Gasteiger charge is -2.11. The van der Waals surface area contributed by atoms with Crippen molar-refractivity contribution >= 4 is 28.3 Å². The number of aryl methyl sites for hydroxylation is 1. The number of benzene rings is 1. The fourth-order valence-corrected chi connectivity index (χ4v) is 4.08. The Hall–Kier alpha value is -1.54. The standard InChI is InChI=1S/C22H29ClN2/c1-3-4-5-6-7-8-9-10-13-18-17(2)16-21-24-19-14-11-12-15-20(19)25(21)22(18)23/h11-12,14-16H,3-10,13H2,1-2H3. The van der Waals surface area contributed by atoms with Gasteiger partial charge in [0.15, 0.2) is 0 Å². The first-order valence-corrected chi connectivity index (χ1v) is 10.2. The molecule has 25 heavy (non-hydrogen) atoms. The zero-order valence-electron chi connectivity index (χ0n) is 15.5. The van der Waals surface area contributed by atoms with Crippen LogP contribution in [-0.4, -0.2) is 9.38 Å². The lowest BCUT2D eigenvalue weighted by molar-refractivity contribution is 0.575. The molecule has 3 aromatic rings. The highest BCUT2D eigenvalue weighted by Gasteiger charge is 2.13. The minimum Gasteiger partial charge on any atom is -0.282 e. The van der Waals surface area contributed by atoms with Gasteiger partial charge in [0.05, 0.1) is 11.0 Å². The molecule has 0 amide bonds. The number of unbranched alkanes of at least 4 members (excludes halogenated alkanes) is 7. The molecule has 3 rings (SSSR count). The molecule has 0 spiro atoms. The van der Waals surface area contributed by atoms with Crippen LogP contribution in [0.2, 0.25) is 5.15 Å². The zero-order valence-corrected chi connectivity index (χ0v) is 16.3. The van der Waals surface area contributed by atoms with Gasteiger partial charge in [0, 0.05) is 0 Å². The van der Waals surface area contributed by atoms with Gasteiger partial charge in [-0.25, -0.2) is 4.98 Å². The van der Waals surface area contributed by atoms with E-state index in [4.69, 9.17) is 16.6 Å². The van der Waals surface area contributed by atoms with E-state index in [-0.39, 0.29) is 0 Å². The summed E-state index contributed by atoms with van der Waals surface area (Å²) >= 11 is 6.79. The maximum Gasteiger partial charge on any atom is 0.139 e. The lowest BCUT2D eigenvalue weighted by atomic mass is 10.0. The first-order valence-electron chi connectivity index (χ1n) is 9.77.